The number of amides is 2. The molecule has 0 rings (SSSR count). The van der Waals surface area contributed by atoms with Gasteiger partial charge in [-0.05, 0) is 25.3 Å². The van der Waals surface area contributed by atoms with Gasteiger partial charge in [0.1, 0.15) is 12.3 Å². The zero-order chi connectivity index (χ0) is 17.1. The lowest BCUT2D eigenvalue weighted by Crippen LogP contribution is -2.47. The van der Waals surface area contributed by atoms with E-state index in [-0.39, 0.29) is 18.7 Å². The van der Waals surface area contributed by atoms with Crippen LogP contribution in [-0.2, 0) is 19.2 Å². The van der Waals surface area contributed by atoms with E-state index in [9.17, 15) is 24.3 Å². The normalized spacial score (nSPS) is 12.8. The summed E-state index contributed by atoms with van der Waals surface area (Å²) in [5.41, 5.74) is 0. The molecule has 0 aromatic heterocycles. The molecule has 0 aromatic carbocycles. The van der Waals surface area contributed by atoms with Crippen molar-refractivity contribution in [2.75, 3.05) is 6.54 Å². The maximum atomic E-state index is 11.2. The third-order valence-corrected chi connectivity index (χ3v) is 2.86. The third-order valence-electron chi connectivity index (χ3n) is 2.86. The first-order chi connectivity index (χ1) is 10.3. The molecule has 0 heterocycles. The zero-order valence-electron chi connectivity index (χ0n) is 12.0. The summed E-state index contributed by atoms with van der Waals surface area (Å²) < 4.78 is 0. The highest BCUT2D eigenvalue weighted by atomic mass is 16.4. The molecule has 0 saturated heterocycles. The number of aliphatic hydroxyl groups excluding tert-OH is 1. The predicted octanol–water partition coefficient (Wildman–Crippen LogP) is -0.836. The number of aliphatic carboxylic acids is 2. The molecule has 9 nitrogen and oxygen atoms in total. The van der Waals surface area contributed by atoms with Gasteiger partial charge in [-0.25, -0.2) is 4.79 Å². The molecule has 2 atom stereocenters. The van der Waals surface area contributed by atoms with Crippen LogP contribution in [0.15, 0.2) is 12.7 Å². The van der Waals surface area contributed by atoms with Gasteiger partial charge >= 0.3 is 11.9 Å². The number of carbonyl (C=O) groups is 4. The Hall–Kier alpha value is -2.42. The Bertz CT molecular complexity index is 425. The molecule has 9 heteroatoms. The first-order valence-corrected chi connectivity index (χ1v) is 6.59. The van der Waals surface area contributed by atoms with E-state index in [4.69, 9.17) is 10.2 Å². The van der Waals surface area contributed by atoms with E-state index in [2.05, 4.69) is 11.9 Å². The van der Waals surface area contributed by atoms with Crippen molar-refractivity contribution in [1.82, 2.24) is 10.2 Å². The third kappa shape index (κ3) is 7.39. The molecule has 0 aliphatic carbocycles. The summed E-state index contributed by atoms with van der Waals surface area (Å²) in [4.78, 5) is 44.1. The number of rotatable bonds is 12. The summed E-state index contributed by atoms with van der Waals surface area (Å²) in [6.07, 6.45) is -0.407. The molecule has 0 aliphatic rings. The van der Waals surface area contributed by atoms with Gasteiger partial charge in [-0.2, -0.15) is 0 Å². The van der Waals surface area contributed by atoms with Crippen LogP contribution in [0.5, 0.6) is 0 Å². The van der Waals surface area contributed by atoms with Crippen molar-refractivity contribution >= 4 is 24.3 Å². The van der Waals surface area contributed by atoms with Crippen molar-refractivity contribution in [2.45, 2.75) is 38.0 Å². The molecular formula is C13H20N2O7. The average Bonchev–Trinajstić information content (AvgIpc) is 2.44. The summed E-state index contributed by atoms with van der Waals surface area (Å²) in [5, 5.41) is 29.8. The lowest BCUT2D eigenvalue weighted by molar-refractivity contribution is -0.158. The van der Waals surface area contributed by atoms with E-state index < -0.39 is 30.6 Å². The molecular weight excluding hydrogens is 296 g/mol. The quantitative estimate of drug-likeness (QED) is 0.159. The number of carboxylic acids is 2. The number of carbonyl (C=O) groups excluding carboxylic acids is 2. The van der Waals surface area contributed by atoms with Gasteiger partial charge in [0.25, 0.3) is 0 Å². The largest absolute Gasteiger partial charge is 0.481 e. The second-order valence-corrected chi connectivity index (χ2v) is 4.48. The van der Waals surface area contributed by atoms with Crippen LogP contribution in [0.4, 0.5) is 0 Å². The molecule has 0 saturated carbocycles. The highest BCUT2D eigenvalue weighted by molar-refractivity contribution is 5.86. The van der Waals surface area contributed by atoms with E-state index in [1.807, 2.05) is 0 Å². The average molecular weight is 316 g/mol. The van der Waals surface area contributed by atoms with E-state index in [1.165, 1.54) is 0 Å². The summed E-state index contributed by atoms with van der Waals surface area (Å²) in [6, 6.07) is -1.33. The van der Waals surface area contributed by atoms with Gasteiger partial charge in [-0.1, -0.05) is 6.58 Å². The fourth-order valence-electron chi connectivity index (χ4n) is 1.76. The molecule has 0 aliphatic heterocycles. The molecule has 22 heavy (non-hydrogen) atoms. The molecule has 4 N–H and O–H groups in total. The lowest BCUT2D eigenvalue weighted by Gasteiger charge is -2.28. The Morgan fingerprint density at radius 2 is 1.86 bits per heavy atom. The van der Waals surface area contributed by atoms with Gasteiger partial charge in [0.05, 0.1) is 6.42 Å². The van der Waals surface area contributed by atoms with Crippen LogP contribution in [0.1, 0.15) is 25.7 Å². The Labute approximate surface area is 127 Å². The van der Waals surface area contributed by atoms with Crippen molar-refractivity contribution in [3.05, 3.63) is 12.7 Å². The standard InChI is InChI=1S/C13H20N2O7/c1-2-10(17)14-6-4-3-5-9(13(21)22)15(8-16)11(18)7-12(19)20/h2,8-9,11,18H,1,3-7H2,(H,14,17)(H,19,20)(H,21,22)/t9?,11-/m1/s1. The lowest BCUT2D eigenvalue weighted by atomic mass is 10.1. The summed E-state index contributed by atoms with van der Waals surface area (Å²) in [5.74, 6) is -3.04. The summed E-state index contributed by atoms with van der Waals surface area (Å²) >= 11 is 0. The van der Waals surface area contributed by atoms with Crippen LogP contribution < -0.4 is 5.32 Å². The van der Waals surface area contributed by atoms with Crippen molar-refractivity contribution in [3.63, 3.8) is 0 Å². The first kappa shape index (κ1) is 19.6. The molecule has 0 fully saturated rings. The maximum absolute atomic E-state index is 11.2. The minimum Gasteiger partial charge on any atom is -0.481 e. The monoisotopic (exact) mass is 316 g/mol. The number of hydrogen-bond acceptors (Lipinski definition) is 5. The fourth-order valence-corrected chi connectivity index (χ4v) is 1.76. The van der Waals surface area contributed by atoms with Crippen LogP contribution in [0.25, 0.3) is 0 Å². The van der Waals surface area contributed by atoms with E-state index >= 15 is 0 Å². The van der Waals surface area contributed by atoms with Gasteiger partial charge in [-0.15, -0.1) is 0 Å². The Morgan fingerprint density at radius 1 is 1.23 bits per heavy atom. The smallest absolute Gasteiger partial charge is 0.326 e. The van der Waals surface area contributed by atoms with Crippen LogP contribution in [-0.4, -0.2) is 63.3 Å². The Balaban J connectivity index is 4.47. The number of nitrogens with zero attached hydrogens (tertiary/aromatic N) is 1. The van der Waals surface area contributed by atoms with Gasteiger partial charge in [-0.3, -0.25) is 14.4 Å². The van der Waals surface area contributed by atoms with E-state index in [0.29, 0.717) is 24.3 Å². The van der Waals surface area contributed by atoms with Crippen molar-refractivity contribution in [1.29, 1.82) is 0 Å². The number of nitrogens with one attached hydrogen (secondary N) is 1. The van der Waals surface area contributed by atoms with Gasteiger partial charge in [0.15, 0.2) is 0 Å². The molecule has 0 radical (unpaired) electrons. The highest BCUT2D eigenvalue weighted by Gasteiger charge is 2.30. The first-order valence-electron chi connectivity index (χ1n) is 6.59. The fraction of sp³-hybridized carbons (Fsp3) is 0.538. The van der Waals surface area contributed by atoms with Crippen LogP contribution in [0.2, 0.25) is 0 Å². The van der Waals surface area contributed by atoms with Crippen LogP contribution in [0, 0.1) is 0 Å². The SMILES string of the molecule is C=CC(=O)NCCCCC(C(=O)O)N(C=O)[C@H](O)CC(=O)O. The van der Waals surface area contributed by atoms with Crippen molar-refractivity contribution in [2.24, 2.45) is 0 Å². The van der Waals surface area contributed by atoms with Gasteiger partial charge < -0.3 is 25.5 Å². The zero-order valence-corrected chi connectivity index (χ0v) is 12.0. The minimum absolute atomic E-state index is 0.0225. The molecule has 0 aromatic rings. The van der Waals surface area contributed by atoms with Crippen molar-refractivity contribution in [3.8, 4) is 0 Å². The second-order valence-electron chi connectivity index (χ2n) is 4.48. The van der Waals surface area contributed by atoms with Gasteiger partial charge in [0.2, 0.25) is 12.3 Å². The molecule has 2 amide bonds. The second kappa shape index (κ2) is 10.3. The number of unbranched alkanes of at least 4 members (excludes halogenated alkanes) is 1. The Kier molecular flexibility index (Phi) is 9.19. The topological polar surface area (TPSA) is 144 Å². The van der Waals surface area contributed by atoms with Crippen LogP contribution >= 0.6 is 0 Å². The van der Waals surface area contributed by atoms with E-state index in [0.717, 1.165) is 6.08 Å². The molecule has 1 unspecified atom stereocenters. The predicted molar refractivity (Wildman–Crippen MR) is 74.6 cm³/mol. The maximum Gasteiger partial charge on any atom is 0.326 e. The molecule has 124 valence electrons. The molecule has 0 spiro atoms. The molecule has 0 bridgehead atoms. The minimum atomic E-state index is -1.71. The van der Waals surface area contributed by atoms with Crippen LogP contribution in [0.3, 0.4) is 0 Å². The summed E-state index contributed by atoms with van der Waals surface area (Å²) in [6.45, 7) is 3.59. The number of hydrogen-bond donors (Lipinski definition) is 4. The van der Waals surface area contributed by atoms with Gasteiger partial charge in [0, 0.05) is 6.54 Å². The van der Waals surface area contributed by atoms with E-state index in [1.54, 1.807) is 0 Å². The summed E-state index contributed by atoms with van der Waals surface area (Å²) in [7, 11) is 0. The number of carboxylic acid groups (broad SMARTS) is 2. The Morgan fingerprint density at radius 3 is 2.32 bits per heavy atom. The number of aliphatic hydroxyl groups is 1. The van der Waals surface area contributed by atoms with Crippen molar-refractivity contribution < 1.29 is 34.5 Å². The highest BCUT2D eigenvalue weighted by Crippen LogP contribution is 2.12.